The SMILES string of the molecule is CCC(=O)N(Cc1c(C)noc1-c1ccccc1)c1cccc(C#N)c1. The molecular formula is C21H19N3O2. The van der Waals surface area contributed by atoms with Gasteiger partial charge in [0.05, 0.1) is 23.9 Å². The number of nitrogens with zero attached hydrogens (tertiary/aromatic N) is 3. The van der Waals surface area contributed by atoms with Crippen LogP contribution < -0.4 is 4.90 Å². The van der Waals surface area contributed by atoms with Crippen molar-refractivity contribution in [3.05, 3.63) is 71.4 Å². The summed E-state index contributed by atoms with van der Waals surface area (Å²) in [5, 5.41) is 13.2. The third-order valence-corrected chi connectivity index (χ3v) is 4.23. The fourth-order valence-electron chi connectivity index (χ4n) is 2.81. The molecule has 0 bridgehead atoms. The van der Waals surface area contributed by atoms with Crippen LogP contribution in [0.4, 0.5) is 5.69 Å². The number of anilines is 1. The Bertz CT molecular complexity index is 955. The highest BCUT2D eigenvalue weighted by molar-refractivity contribution is 5.93. The highest BCUT2D eigenvalue weighted by Gasteiger charge is 2.22. The molecule has 0 aliphatic carbocycles. The van der Waals surface area contributed by atoms with Crippen LogP contribution in [-0.4, -0.2) is 11.1 Å². The molecule has 1 aromatic heterocycles. The number of aromatic nitrogens is 1. The molecule has 0 saturated carbocycles. The zero-order chi connectivity index (χ0) is 18.5. The maximum Gasteiger partial charge on any atom is 0.227 e. The molecule has 0 spiro atoms. The fraction of sp³-hybridized carbons (Fsp3) is 0.190. The summed E-state index contributed by atoms with van der Waals surface area (Å²) in [5.74, 6) is 0.633. The van der Waals surface area contributed by atoms with E-state index in [-0.39, 0.29) is 5.91 Å². The second kappa shape index (κ2) is 7.66. The minimum Gasteiger partial charge on any atom is -0.356 e. The number of carbonyl (C=O) groups is 1. The molecule has 0 radical (unpaired) electrons. The van der Waals surface area contributed by atoms with Crippen molar-refractivity contribution in [3.63, 3.8) is 0 Å². The van der Waals surface area contributed by atoms with Crippen LogP contribution in [0.5, 0.6) is 0 Å². The van der Waals surface area contributed by atoms with E-state index in [0.29, 0.717) is 30.0 Å². The second-order valence-electron chi connectivity index (χ2n) is 5.94. The first-order valence-electron chi connectivity index (χ1n) is 8.45. The molecule has 0 fully saturated rings. The van der Waals surface area contributed by atoms with Crippen molar-refractivity contribution in [2.45, 2.75) is 26.8 Å². The number of benzene rings is 2. The number of nitriles is 1. The minimum atomic E-state index is -0.0281. The first-order valence-corrected chi connectivity index (χ1v) is 8.45. The second-order valence-corrected chi connectivity index (χ2v) is 5.94. The van der Waals surface area contributed by atoms with Crippen molar-refractivity contribution < 1.29 is 9.32 Å². The zero-order valence-electron chi connectivity index (χ0n) is 14.8. The van der Waals surface area contributed by atoms with E-state index in [0.717, 1.165) is 16.8 Å². The van der Waals surface area contributed by atoms with E-state index in [9.17, 15) is 4.79 Å². The molecule has 26 heavy (non-hydrogen) atoms. The van der Waals surface area contributed by atoms with Crippen LogP contribution >= 0.6 is 0 Å². The summed E-state index contributed by atoms with van der Waals surface area (Å²) in [6.45, 7) is 4.02. The van der Waals surface area contributed by atoms with E-state index in [1.807, 2.05) is 50.2 Å². The summed E-state index contributed by atoms with van der Waals surface area (Å²) in [6.07, 6.45) is 0.363. The van der Waals surface area contributed by atoms with Gasteiger partial charge in [-0.2, -0.15) is 5.26 Å². The first-order chi connectivity index (χ1) is 12.6. The van der Waals surface area contributed by atoms with Gasteiger partial charge in [-0.3, -0.25) is 4.79 Å². The van der Waals surface area contributed by atoms with Crippen LogP contribution in [0.2, 0.25) is 0 Å². The van der Waals surface area contributed by atoms with Gasteiger partial charge in [0, 0.05) is 23.2 Å². The summed E-state index contributed by atoms with van der Waals surface area (Å²) in [7, 11) is 0. The number of hydrogen-bond donors (Lipinski definition) is 0. The van der Waals surface area contributed by atoms with Gasteiger partial charge in [0.15, 0.2) is 5.76 Å². The normalized spacial score (nSPS) is 10.3. The van der Waals surface area contributed by atoms with Gasteiger partial charge in [-0.25, -0.2) is 0 Å². The van der Waals surface area contributed by atoms with Gasteiger partial charge in [-0.05, 0) is 25.1 Å². The molecule has 130 valence electrons. The smallest absolute Gasteiger partial charge is 0.227 e. The quantitative estimate of drug-likeness (QED) is 0.684. The number of aryl methyl sites for hydroxylation is 1. The lowest BCUT2D eigenvalue weighted by Crippen LogP contribution is -2.30. The van der Waals surface area contributed by atoms with Crippen LogP contribution in [0.25, 0.3) is 11.3 Å². The Kier molecular flexibility index (Phi) is 5.14. The summed E-state index contributed by atoms with van der Waals surface area (Å²) < 4.78 is 5.54. The fourth-order valence-corrected chi connectivity index (χ4v) is 2.81. The lowest BCUT2D eigenvalue weighted by Gasteiger charge is -2.22. The van der Waals surface area contributed by atoms with Gasteiger partial charge in [0.1, 0.15) is 0 Å². The predicted octanol–water partition coefficient (Wildman–Crippen LogP) is 4.46. The molecule has 0 unspecified atom stereocenters. The van der Waals surface area contributed by atoms with Gasteiger partial charge in [0.2, 0.25) is 5.91 Å². The van der Waals surface area contributed by atoms with Crippen LogP contribution in [-0.2, 0) is 11.3 Å². The number of amides is 1. The van der Waals surface area contributed by atoms with Crippen molar-refractivity contribution in [1.82, 2.24) is 5.16 Å². The van der Waals surface area contributed by atoms with Crippen molar-refractivity contribution in [3.8, 4) is 17.4 Å². The van der Waals surface area contributed by atoms with E-state index < -0.39 is 0 Å². The third kappa shape index (κ3) is 3.50. The molecule has 3 rings (SSSR count). The Morgan fingerprint density at radius 1 is 1.19 bits per heavy atom. The summed E-state index contributed by atoms with van der Waals surface area (Å²) in [5.41, 5.74) is 3.73. The maximum absolute atomic E-state index is 12.6. The lowest BCUT2D eigenvalue weighted by atomic mass is 10.1. The Labute approximate surface area is 152 Å². The lowest BCUT2D eigenvalue weighted by molar-refractivity contribution is -0.118. The Morgan fingerprint density at radius 2 is 1.96 bits per heavy atom. The molecule has 5 nitrogen and oxygen atoms in total. The van der Waals surface area contributed by atoms with E-state index in [4.69, 9.17) is 9.78 Å². The largest absolute Gasteiger partial charge is 0.356 e. The molecule has 0 aliphatic heterocycles. The van der Waals surface area contributed by atoms with Crippen molar-refractivity contribution >= 4 is 11.6 Å². The monoisotopic (exact) mass is 345 g/mol. The van der Waals surface area contributed by atoms with E-state index in [1.54, 1.807) is 23.1 Å². The van der Waals surface area contributed by atoms with E-state index >= 15 is 0 Å². The molecule has 1 heterocycles. The van der Waals surface area contributed by atoms with Crippen molar-refractivity contribution in [2.75, 3.05) is 4.90 Å². The number of carbonyl (C=O) groups excluding carboxylic acids is 1. The molecule has 5 heteroatoms. The maximum atomic E-state index is 12.6. The minimum absolute atomic E-state index is 0.0281. The van der Waals surface area contributed by atoms with Gasteiger partial charge < -0.3 is 9.42 Å². The zero-order valence-corrected chi connectivity index (χ0v) is 14.8. The topological polar surface area (TPSA) is 70.1 Å². The molecule has 2 aromatic carbocycles. The molecular weight excluding hydrogens is 326 g/mol. The number of rotatable bonds is 5. The van der Waals surface area contributed by atoms with Gasteiger partial charge >= 0.3 is 0 Å². The Balaban J connectivity index is 2.02. The highest BCUT2D eigenvalue weighted by atomic mass is 16.5. The number of hydrogen-bond acceptors (Lipinski definition) is 4. The van der Waals surface area contributed by atoms with Crippen molar-refractivity contribution in [1.29, 1.82) is 5.26 Å². The average Bonchev–Trinajstić information content (AvgIpc) is 3.06. The predicted molar refractivity (Wildman–Crippen MR) is 99.3 cm³/mol. The van der Waals surface area contributed by atoms with Gasteiger partial charge in [0.25, 0.3) is 0 Å². The van der Waals surface area contributed by atoms with Crippen molar-refractivity contribution in [2.24, 2.45) is 0 Å². The first kappa shape index (κ1) is 17.4. The van der Waals surface area contributed by atoms with E-state index in [1.165, 1.54) is 0 Å². The van der Waals surface area contributed by atoms with Crippen LogP contribution in [0.3, 0.4) is 0 Å². The van der Waals surface area contributed by atoms with Crippen LogP contribution in [0.1, 0.15) is 30.2 Å². The van der Waals surface area contributed by atoms with E-state index in [2.05, 4.69) is 11.2 Å². The Hall–Kier alpha value is -3.39. The van der Waals surface area contributed by atoms with Gasteiger partial charge in [-0.15, -0.1) is 0 Å². The molecule has 0 N–H and O–H groups in total. The summed E-state index contributed by atoms with van der Waals surface area (Å²) >= 11 is 0. The molecule has 3 aromatic rings. The van der Waals surface area contributed by atoms with Gasteiger partial charge in [-0.1, -0.05) is 48.5 Å². The molecule has 0 saturated heterocycles. The Morgan fingerprint density at radius 3 is 2.65 bits per heavy atom. The summed E-state index contributed by atoms with van der Waals surface area (Å²) in [4.78, 5) is 14.3. The molecule has 1 amide bonds. The molecule has 0 aliphatic rings. The molecule has 0 atom stereocenters. The highest BCUT2D eigenvalue weighted by Crippen LogP contribution is 2.29. The standard InChI is InChI=1S/C21H19N3O2/c1-3-20(25)24(18-11-7-8-16(12-18)13-22)14-19-15(2)23-26-21(19)17-9-5-4-6-10-17/h4-12H,3,14H2,1-2H3. The third-order valence-electron chi connectivity index (χ3n) is 4.23. The van der Waals surface area contributed by atoms with Crippen LogP contribution in [0, 0.1) is 18.3 Å². The average molecular weight is 345 g/mol. The summed E-state index contributed by atoms with van der Waals surface area (Å²) in [6, 6.07) is 18.9. The van der Waals surface area contributed by atoms with Crippen LogP contribution in [0.15, 0.2) is 59.1 Å².